The summed E-state index contributed by atoms with van der Waals surface area (Å²) >= 11 is 3.58. The van der Waals surface area contributed by atoms with Gasteiger partial charge in [-0.1, -0.05) is 76.6 Å². The molecule has 0 aromatic heterocycles. The standard InChI is InChI=1S/C20H14Br/c21-13-16-6-2-3-7-18(16)15-9-10-20-17(12-15)11-14-5-1-4-8-19(14)20/h1-10H,11,13H2. The highest BCUT2D eigenvalue weighted by atomic mass is 79.9. The average molecular weight is 334 g/mol. The zero-order valence-corrected chi connectivity index (χ0v) is 13.2. The first kappa shape index (κ1) is 12.8. The second-order valence-corrected chi connectivity index (χ2v) is 5.95. The SMILES string of the molecule is BrCc1ccccc1-c1[c]c2c(cc1)-c1ccccc1C2. The van der Waals surface area contributed by atoms with Crippen molar-refractivity contribution in [3.8, 4) is 22.3 Å². The fourth-order valence-corrected chi connectivity index (χ4v) is 3.60. The van der Waals surface area contributed by atoms with Crippen LogP contribution in [-0.4, -0.2) is 0 Å². The molecule has 0 nitrogen and oxygen atoms in total. The minimum Gasteiger partial charge on any atom is -0.0876 e. The van der Waals surface area contributed by atoms with Crippen LogP contribution in [-0.2, 0) is 11.8 Å². The maximum Gasteiger partial charge on any atom is 0.0289 e. The van der Waals surface area contributed by atoms with E-state index in [1.54, 1.807) is 0 Å². The molecule has 0 unspecified atom stereocenters. The molecular weight excluding hydrogens is 320 g/mol. The summed E-state index contributed by atoms with van der Waals surface area (Å²) in [7, 11) is 0. The minimum absolute atomic E-state index is 0.869. The van der Waals surface area contributed by atoms with Gasteiger partial charge in [0.2, 0.25) is 0 Å². The number of hydrogen-bond acceptors (Lipinski definition) is 0. The van der Waals surface area contributed by atoms with Gasteiger partial charge in [-0.25, -0.2) is 0 Å². The van der Waals surface area contributed by atoms with Crippen LogP contribution in [0.25, 0.3) is 22.3 Å². The highest BCUT2D eigenvalue weighted by Gasteiger charge is 2.18. The molecule has 3 aromatic carbocycles. The van der Waals surface area contributed by atoms with Gasteiger partial charge in [-0.15, -0.1) is 0 Å². The molecule has 1 radical (unpaired) electrons. The van der Waals surface area contributed by atoms with Gasteiger partial charge in [-0.3, -0.25) is 0 Å². The van der Waals surface area contributed by atoms with Crippen molar-refractivity contribution in [1.82, 2.24) is 0 Å². The molecule has 1 heteroatoms. The molecule has 0 heterocycles. The molecule has 0 fully saturated rings. The van der Waals surface area contributed by atoms with Gasteiger partial charge in [-0.2, -0.15) is 0 Å². The third kappa shape index (κ3) is 2.13. The van der Waals surface area contributed by atoms with Crippen molar-refractivity contribution in [2.75, 3.05) is 0 Å². The van der Waals surface area contributed by atoms with Crippen molar-refractivity contribution < 1.29 is 0 Å². The van der Waals surface area contributed by atoms with Crippen molar-refractivity contribution in [3.05, 3.63) is 83.4 Å². The minimum atomic E-state index is 0.869. The highest BCUT2D eigenvalue weighted by Crippen LogP contribution is 2.38. The summed E-state index contributed by atoms with van der Waals surface area (Å²) < 4.78 is 0. The number of hydrogen-bond donors (Lipinski definition) is 0. The van der Waals surface area contributed by atoms with Gasteiger partial charge in [0.25, 0.3) is 0 Å². The van der Waals surface area contributed by atoms with Gasteiger partial charge in [0, 0.05) is 5.33 Å². The van der Waals surface area contributed by atoms with Crippen LogP contribution in [0, 0.1) is 6.07 Å². The lowest BCUT2D eigenvalue weighted by Crippen LogP contribution is -1.88. The summed E-state index contributed by atoms with van der Waals surface area (Å²) in [5.74, 6) is 0. The lowest BCUT2D eigenvalue weighted by atomic mass is 9.96. The van der Waals surface area contributed by atoms with E-state index < -0.39 is 0 Å². The summed E-state index contributed by atoms with van der Waals surface area (Å²) in [5, 5.41) is 0.869. The van der Waals surface area contributed by atoms with Crippen LogP contribution < -0.4 is 0 Å². The maximum absolute atomic E-state index is 3.64. The van der Waals surface area contributed by atoms with Crippen molar-refractivity contribution in [2.45, 2.75) is 11.8 Å². The van der Waals surface area contributed by atoms with Gasteiger partial charge in [0.05, 0.1) is 0 Å². The molecule has 21 heavy (non-hydrogen) atoms. The summed E-state index contributed by atoms with van der Waals surface area (Å²) in [5.41, 5.74) is 9.21. The first-order chi connectivity index (χ1) is 10.4. The first-order valence-corrected chi connectivity index (χ1v) is 8.26. The van der Waals surface area contributed by atoms with Crippen molar-refractivity contribution in [3.63, 3.8) is 0 Å². The second-order valence-electron chi connectivity index (χ2n) is 5.39. The van der Waals surface area contributed by atoms with Crippen LogP contribution in [0.5, 0.6) is 0 Å². The van der Waals surface area contributed by atoms with Crippen LogP contribution in [0.3, 0.4) is 0 Å². The zero-order valence-electron chi connectivity index (χ0n) is 11.6. The Bertz CT molecular complexity index is 818. The highest BCUT2D eigenvalue weighted by molar-refractivity contribution is 9.08. The summed E-state index contributed by atoms with van der Waals surface area (Å²) in [6.07, 6.45) is 0.996. The zero-order chi connectivity index (χ0) is 14.2. The summed E-state index contributed by atoms with van der Waals surface area (Å²) in [4.78, 5) is 0. The Morgan fingerprint density at radius 3 is 2.43 bits per heavy atom. The molecule has 3 aromatic rings. The Labute approximate surface area is 133 Å². The second kappa shape index (κ2) is 5.16. The van der Waals surface area contributed by atoms with Crippen molar-refractivity contribution >= 4 is 15.9 Å². The largest absolute Gasteiger partial charge is 0.0876 e. The lowest BCUT2D eigenvalue weighted by molar-refractivity contribution is 1.26. The smallest absolute Gasteiger partial charge is 0.0289 e. The number of fused-ring (bicyclic) bond motifs is 3. The fraction of sp³-hybridized carbons (Fsp3) is 0.100. The van der Waals surface area contributed by atoms with E-state index >= 15 is 0 Å². The van der Waals surface area contributed by atoms with E-state index in [0.29, 0.717) is 0 Å². The quantitative estimate of drug-likeness (QED) is 0.417. The van der Waals surface area contributed by atoms with Crippen LogP contribution >= 0.6 is 15.9 Å². The van der Waals surface area contributed by atoms with Gasteiger partial charge in [0.15, 0.2) is 0 Å². The molecule has 0 spiro atoms. The molecule has 101 valence electrons. The van der Waals surface area contributed by atoms with Crippen molar-refractivity contribution in [1.29, 1.82) is 0 Å². The van der Waals surface area contributed by atoms with E-state index in [9.17, 15) is 0 Å². The van der Waals surface area contributed by atoms with Gasteiger partial charge >= 0.3 is 0 Å². The molecular formula is C20H14Br. The monoisotopic (exact) mass is 333 g/mol. The molecule has 0 bridgehead atoms. The number of benzene rings is 3. The van der Waals surface area contributed by atoms with Crippen LogP contribution in [0.1, 0.15) is 16.7 Å². The molecule has 0 saturated carbocycles. The maximum atomic E-state index is 3.64. The molecule has 0 atom stereocenters. The molecule has 4 rings (SSSR count). The first-order valence-electron chi connectivity index (χ1n) is 7.14. The Kier molecular flexibility index (Phi) is 3.16. The number of halogens is 1. The summed E-state index contributed by atoms with van der Waals surface area (Å²) in [6.45, 7) is 0. The fourth-order valence-electron chi connectivity index (χ4n) is 3.11. The third-order valence-electron chi connectivity index (χ3n) is 4.15. The van der Waals surface area contributed by atoms with Gasteiger partial charge in [0.1, 0.15) is 0 Å². The molecule has 0 aliphatic heterocycles. The van der Waals surface area contributed by atoms with Gasteiger partial charge < -0.3 is 0 Å². The predicted molar refractivity (Wildman–Crippen MR) is 91.6 cm³/mol. The van der Waals surface area contributed by atoms with Crippen LogP contribution in [0.2, 0.25) is 0 Å². The van der Waals surface area contributed by atoms with E-state index in [4.69, 9.17) is 0 Å². The average Bonchev–Trinajstić information content (AvgIpc) is 2.92. The molecule has 0 amide bonds. The predicted octanol–water partition coefficient (Wildman–Crippen LogP) is 5.62. The Hall–Kier alpha value is -1.86. The van der Waals surface area contributed by atoms with E-state index in [-0.39, 0.29) is 0 Å². The molecule has 1 aliphatic carbocycles. The van der Waals surface area contributed by atoms with E-state index in [1.807, 2.05) is 0 Å². The number of rotatable bonds is 2. The van der Waals surface area contributed by atoms with Gasteiger partial charge in [-0.05, 0) is 51.4 Å². The van der Waals surface area contributed by atoms with Crippen molar-refractivity contribution in [2.24, 2.45) is 0 Å². The van der Waals surface area contributed by atoms with E-state index in [2.05, 4.69) is 82.7 Å². The van der Waals surface area contributed by atoms with E-state index in [1.165, 1.54) is 38.9 Å². The molecule has 0 N–H and O–H groups in total. The Balaban J connectivity index is 1.83. The molecule has 1 aliphatic rings. The Morgan fingerprint density at radius 2 is 1.57 bits per heavy atom. The third-order valence-corrected chi connectivity index (χ3v) is 4.76. The summed E-state index contributed by atoms with van der Waals surface area (Å²) in [6, 6.07) is 25.3. The Morgan fingerprint density at radius 1 is 0.810 bits per heavy atom. The van der Waals surface area contributed by atoms with E-state index in [0.717, 1.165) is 11.8 Å². The molecule has 0 saturated heterocycles. The van der Waals surface area contributed by atoms with Crippen LogP contribution in [0.4, 0.5) is 0 Å². The lowest BCUT2D eigenvalue weighted by Gasteiger charge is -2.09. The normalized spacial score (nSPS) is 12.0. The van der Waals surface area contributed by atoms with Crippen LogP contribution in [0.15, 0.2) is 60.7 Å². The topological polar surface area (TPSA) is 0 Å². The number of alkyl halides is 1.